The van der Waals surface area contributed by atoms with E-state index in [4.69, 9.17) is 0 Å². The van der Waals surface area contributed by atoms with Gasteiger partial charge in [0.1, 0.15) is 0 Å². The molecule has 1 saturated heterocycles. The van der Waals surface area contributed by atoms with Gasteiger partial charge in [-0.3, -0.25) is 4.79 Å². The lowest BCUT2D eigenvalue weighted by atomic mass is 9.92. The van der Waals surface area contributed by atoms with Gasteiger partial charge in [-0.05, 0) is 62.6 Å². The fraction of sp³-hybridized carbons (Fsp3) is 0.923. The van der Waals surface area contributed by atoms with Crippen LogP contribution in [0.25, 0.3) is 0 Å². The monoisotopic (exact) mass is 292 g/mol. The summed E-state index contributed by atoms with van der Waals surface area (Å²) in [5.74, 6) is 1.84. The molecule has 0 aromatic rings. The first-order chi connectivity index (χ1) is 8.28. The van der Waals surface area contributed by atoms with Gasteiger partial charge in [0.25, 0.3) is 0 Å². The summed E-state index contributed by atoms with van der Waals surface area (Å²) in [6, 6.07) is 0. The van der Waals surface area contributed by atoms with E-state index in [1.54, 1.807) is 0 Å². The lowest BCUT2D eigenvalue weighted by Gasteiger charge is -2.23. The average Bonchev–Trinajstić information content (AvgIpc) is 3.03. The van der Waals surface area contributed by atoms with Gasteiger partial charge in [-0.15, -0.1) is 12.4 Å². The molecular weight excluding hydrogens is 268 g/mol. The van der Waals surface area contributed by atoms with Gasteiger partial charge >= 0.3 is 0 Å². The van der Waals surface area contributed by atoms with Gasteiger partial charge < -0.3 is 10.6 Å². The number of amides is 1. The predicted octanol–water partition coefficient (Wildman–Crippen LogP) is 2.06. The highest BCUT2D eigenvalue weighted by Crippen LogP contribution is 2.58. The van der Waals surface area contributed by atoms with E-state index in [1.165, 1.54) is 25.0 Å². The van der Waals surface area contributed by atoms with Gasteiger partial charge in [0.15, 0.2) is 0 Å². The fourth-order valence-electron chi connectivity index (χ4n) is 2.90. The van der Waals surface area contributed by atoms with Crippen LogP contribution in [0.4, 0.5) is 0 Å². The molecule has 1 spiro atoms. The Morgan fingerprint density at radius 1 is 1.39 bits per heavy atom. The molecule has 2 aliphatic rings. The van der Waals surface area contributed by atoms with Crippen LogP contribution >= 0.6 is 24.2 Å². The third-order valence-electron chi connectivity index (χ3n) is 4.18. The highest BCUT2D eigenvalue weighted by atomic mass is 35.5. The summed E-state index contributed by atoms with van der Waals surface area (Å²) >= 11 is 1.88. The number of piperidine rings is 1. The van der Waals surface area contributed by atoms with E-state index in [0.29, 0.717) is 17.2 Å². The molecule has 1 amide bonds. The second kappa shape index (κ2) is 7.61. The topological polar surface area (TPSA) is 41.1 Å². The number of thioether (sulfide) groups is 1. The first-order valence-corrected chi connectivity index (χ1v) is 8.15. The zero-order valence-corrected chi connectivity index (χ0v) is 12.8. The Balaban J connectivity index is 0.00000162. The van der Waals surface area contributed by atoms with Crippen molar-refractivity contribution in [3.8, 4) is 0 Å². The number of rotatable bonds is 6. The van der Waals surface area contributed by atoms with Crippen LogP contribution in [-0.2, 0) is 4.79 Å². The Hall–Kier alpha value is 0.0700. The van der Waals surface area contributed by atoms with Gasteiger partial charge in [0.05, 0.1) is 0 Å². The molecule has 1 aliphatic heterocycles. The predicted molar refractivity (Wildman–Crippen MR) is 80.5 cm³/mol. The van der Waals surface area contributed by atoms with Crippen LogP contribution in [0.2, 0.25) is 0 Å². The van der Waals surface area contributed by atoms with E-state index < -0.39 is 0 Å². The van der Waals surface area contributed by atoms with E-state index in [0.717, 1.165) is 32.5 Å². The summed E-state index contributed by atoms with van der Waals surface area (Å²) in [5, 5.41) is 6.48. The minimum atomic E-state index is 0. The lowest BCUT2D eigenvalue weighted by Crippen LogP contribution is -2.34. The summed E-state index contributed by atoms with van der Waals surface area (Å²) in [5.41, 5.74) is 0.384. The number of unbranched alkanes of at least 4 members (excludes halogenated alkanes) is 1. The third-order valence-corrected chi connectivity index (χ3v) is 4.88. The Bertz CT molecular complexity index is 270. The van der Waals surface area contributed by atoms with Crippen molar-refractivity contribution in [2.24, 2.45) is 11.3 Å². The van der Waals surface area contributed by atoms with E-state index in [1.807, 2.05) is 11.8 Å². The van der Waals surface area contributed by atoms with Crippen molar-refractivity contribution in [3.05, 3.63) is 0 Å². The molecule has 1 aliphatic carbocycles. The van der Waals surface area contributed by atoms with Crippen molar-refractivity contribution >= 4 is 30.1 Å². The zero-order chi connectivity index (χ0) is 12.1. The van der Waals surface area contributed by atoms with Crippen LogP contribution in [-0.4, -0.2) is 37.6 Å². The molecular formula is C13H25ClN2OS. The zero-order valence-electron chi connectivity index (χ0n) is 11.2. The van der Waals surface area contributed by atoms with Gasteiger partial charge in [-0.2, -0.15) is 11.8 Å². The fourth-order valence-corrected chi connectivity index (χ4v) is 3.39. The number of hydrogen-bond acceptors (Lipinski definition) is 3. The van der Waals surface area contributed by atoms with Crippen LogP contribution in [0.5, 0.6) is 0 Å². The first kappa shape index (κ1) is 16.1. The molecule has 1 saturated carbocycles. The second-order valence-corrected chi connectivity index (χ2v) is 6.35. The molecule has 0 aromatic carbocycles. The molecule has 1 atom stereocenters. The molecule has 0 radical (unpaired) electrons. The maximum absolute atomic E-state index is 12.0. The van der Waals surface area contributed by atoms with Crippen molar-refractivity contribution in [2.75, 3.05) is 31.6 Å². The van der Waals surface area contributed by atoms with Gasteiger partial charge in [-0.1, -0.05) is 0 Å². The van der Waals surface area contributed by atoms with Gasteiger partial charge in [0, 0.05) is 12.5 Å². The SMILES string of the molecule is CSCCCCNC(=O)C1CC12CCNCC2.Cl. The summed E-state index contributed by atoms with van der Waals surface area (Å²) in [6.45, 7) is 3.05. The highest BCUT2D eigenvalue weighted by Gasteiger charge is 2.57. The molecule has 106 valence electrons. The summed E-state index contributed by atoms with van der Waals surface area (Å²) in [4.78, 5) is 12.0. The summed E-state index contributed by atoms with van der Waals surface area (Å²) in [6.07, 6.45) is 7.97. The van der Waals surface area contributed by atoms with Crippen molar-refractivity contribution < 1.29 is 4.79 Å². The summed E-state index contributed by atoms with van der Waals surface area (Å²) in [7, 11) is 0. The van der Waals surface area contributed by atoms with E-state index in [-0.39, 0.29) is 12.4 Å². The number of carbonyl (C=O) groups excluding carboxylic acids is 1. The van der Waals surface area contributed by atoms with E-state index in [9.17, 15) is 4.79 Å². The highest BCUT2D eigenvalue weighted by molar-refractivity contribution is 7.98. The third kappa shape index (κ3) is 4.04. The average molecular weight is 293 g/mol. The van der Waals surface area contributed by atoms with Crippen molar-refractivity contribution in [1.82, 2.24) is 10.6 Å². The number of halogens is 1. The van der Waals surface area contributed by atoms with Gasteiger partial charge in [0.2, 0.25) is 5.91 Å². The molecule has 3 nitrogen and oxygen atoms in total. The van der Waals surface area contributed by atoms with Crippen LogP contribution in [0.1, 0.15) is 32.1 Å². The van der Waals surface area contributed by atoms with Crippen molar-refractivity contribution in [2.45, 2.75) is 32.1 Å². The maximum Gasteiger partial charge on any atom is 0.223 e. The Morgan fingerprint density at radius 2 is 2.11 bits per heavy atom. The molecule has 2 fully saturated rings. The number of nitrogens with one attached hydrogen (secondary N) is 2. The minimum Gasteiger partial charge on any atom is -0.356 e. The molecule has 0 bridgehead atoms. The minimum absolute atomic E-state index is 0. The maximum atomic E-state index is 12.0. The van der Waals surface area contributed by atoms with Crippen LogP contribution in [0.3, 0.4) is 0 Å². The Kier molecular flexibility index (Phi) is 6.82. The second-order valence-electron chi connectivity index (χ2n) is 5.36. The molecule has 0 aromatic heterocycles. The van der Waals surface area contributed by atoms with Crippen molar-refractivity contribution in [3.63, 3.8) is 0 Å². The van der Waals surface area contributed by atoms with E-state index in [2.05, 4.69) is 16.9 Å². The number of hydrogen-bond donors (Lipinski definition) is 2. The normalized spacial score (nSPS) is 24.4. The first-order valence-electron chi connectivity index (χ1n) is 6.76. The Labute approximate surface area is 121 Å². The lowest BCUT2D eigenvalue weighted by molar-refractivity contribution is -0.123. The smallest absolute Gasteiger partial charge is 0.223 e. The standard InChI is InChI=1S/C13H24N2OS.ClH/c1-17-9-3-2-6-15-12(16)11-10-13(11)4-7-14-8-5-13;/h11,14H,2-10H2,1H3,(H,15,16);1H. The van der Waals surface area contributed by atoms with E-state index >= 15 is 0 Å². The molecule has 2 N–H and O–H groups in total. The Morgan fingerprint density at radius 3 is 2.78 bits per heavy atom. The van der Waals surface area contributed by atoms with Gasteiger partial charge in [-0.25, -0.2) is 0 Å². The quantitative estimate of drug-likeness (QED) is 0.736. The van der Waals surface area contributed by atoms with Crippen molar-refractivity contribution in [1.29, 1.82) is 0 Å². The number of carbonyl (C=O) groups is 1. The summed E-state index contributed by atoms with van der Waals surface area (Å²) < 4.78 is 0. The molecule has 1 heterocycles. The van der Waals surface area contributed by atoms with Crippen LogP contribution in [0, 0.1) is 11.3 Å². The molecule has 1 unspecified atom stereocenters. The molecule has 2 rings (SSSR count). The molecule has 5 heteroatoms. The van der Waals surface area contributed by atoms with Crippen LogP contribution < -0.4 is 10.6 Å². The molecule has 18 heavy (non-hydrogen) atoms. The van der Waals surface area contributed by atoms with Crippen LogP contribution in [0.15, 0.2) is 0 Å². The largest absolute Gasteiger partial charge is 0.356 e.